The second-order valence-corrected chi connectivity index (χ2v) is 7.39. The third-order valence-electron chi connectivity index (χ3n) is 3.41. The topological polar surface area (TPSA) is 54.9 Å². The lowest BCUT2D eigenvalue weighted by molar-refractivity contribution is 0.0958. The van der Waals surface area contributed by atoms with Crippen molar-refractivity contribution < 1.29 is 4.79 Å². The molecule has 0 saturated carbocycles. The summed E-state index contributed by atoms with van der Waals surface area (Å²) in [6, 6.07) is 2.07. The Bertz CT molecular complexity index is 594. The molecule has 1 aliphatic carbocycles. The number of nitrogens with zero attached hydrogens (tertiary/aromatic N) is 2. The minimum absolute atomic E-state index is 0.0469. The Balaban J connectivity index is 1.55. The van der Waals surface area contributed by atoms with Crippen LogP contribution in [0.25, 0.3) is 0 Å². The van der Waals surface area contributed by atoms with Gasteiger partial charge in [0.1, 0.15) is 10.0 Å². The van der Waals surface area contributed by atoms with Gasteiger partial charge in [0.25, 0.3) is 5.91 Å². The van der Waals surface area contributed by atoms with Crippen LogP contribution in [0.4, 0.5) is 0 Å². The number of hydrogen-bond acceptors (Lipinski definition) is 5. The molecule has 0 radical (unpaired) electrons. The van der Waals surface area contributed by atoms with Gasteiger partial charge in [0.2, 0.25) is 0 Å². The summed E-state index contributed by atoms with van der Waals surface area (Å²) in [6.45, 7) is 2.56. The Hall–Kier alpha value is -1.27. The molecule has 0 saturated heterocycles. The van der Waals surface area contributed by atoms with Crippen molar-refractivity contribution in [2.45, 2.75) is 39.0 Å². The molecule has 0 unspecified atom stereocenters. The van der Waals surface area contributed by atoms with Gasteiger partial charge in [0, 0.05) is 17.8 Å². The van der Waals surface area contributed by atoms with Crippen molar-refractivity contribution in [2.75, 3.05) is 6.54 Å². The third kappa shape index (κ3) is 3.07. The fourth-order valence-corrected chi connectivity index (χ4v) is 4.29. The minimum atomic E-state index is 0.0469. The first kappa shape index (κ1) is 13.7. The number of hydrogen-bond donors (Lipinski definition) is 1. The molecule has 0 spiro atoms. The highest BCUT2D eigenvalue weighted by molar-refractivity contribution is 7.14. The van der Waals surface area contributed by atoms with E-state index in [2.05, 4.69) is 21.6 Å². The fraction of sp³-hybridized carbons (Fsp3) is 0.500. The Morgan fingerprint density at radius 1 is 1.30 bits per heavy atom. The van der Waals surface area contributed by atoms with Crippen molar-refractivity contribution in [1.29, 1.82) is 0 Å². The van der Waals surface area contributed by atoms with Gasteiger partial charge in [-0.2, -0.15) is 0 Å². The van der Waals surface area contributed by atoms with Crippen LogP contribution in [0.15, 0.2) is 6.07 Å². The Morgan fingerprint density at radius 2 is 2.15 bits per heavy atom. The summed E-state index contributed by atoms with van der Waals surface area (Å²) in [5.41, 5.74) is 1.38. The molecule has 0 aliphatic heterocycles. The number of fused-ring (bicyclic) bond motifs is 1. The Morgan fingerprint density at radius 3 is 2.90 bits per heavy atom. The molecule has 20 heavy (non-hydrogen) atoms. The van der Waals surface area contributed by atoms with Crippen molar-refractivity contribution in [1.82, 2.24) is 15.5 Å². The molecule has 2 aromatic rings. The predicted molar refractivity (Wildman–Crippen MR) is 81.6 cm³/mol. The molecule has 2 aromatic heterocycles. The summed E-state index contributed by atoms with van der Waals surface area (Å²) in [5.74, 6) is 0.0469. The molecule has 0 fully saturated rings. The van der Waals surface area contributed by atoms with Crippen LogP contribution in [0.2, 0.25) is 0 Å². The highest BCUT2D eigenvalue weighted by Crippen LogP contribution is 2.29. The van der Waals surface area contributed by atoms with Crippen LogP contribution in [0.1, 0.15) is 43.0 Å². The van der Waals surface area contributed by atoms with Gasteiger partial charge in [-0.1, -0.05) is 0 Å². The highest BCUT2D eigenvalue weighted by Gasteiger charge is 2.16. The first-order valence-corrected chi connectivity index (χ1v) is 8.54. The van der Waals surface area contributed by atoms with Crippen molar-refractivity contribution in [3.63, 3.8) is 0 Å². The lowest BCUT2D eigenvalue weighted by Gasteiger charge is -2.08. The lowest BCUT2D eigenvalue weighted by Crippen LogP contribution is -2.24. The van der Waals surface area contributed by atoms with Gasteiger partial charge in [-0.3, -0.25) is 4.79 Å². The Labute approximate surface area is 126 Å². The van der Waals surface area contributed by atoms with E-state index in [0.717, 1.165) is 34.2 Å². The van der Waals surface area contributed by atoms with Crippen LogP contribution in [-0.4, -0.2) is 22.6 Å². The van der Waals surface area contributed by atoms with E-state index in [0.29, 0.717) is 6.54 Å². The molecule has 1 amide bonds. The quantitative estimate of drug-likeness (QED) is 0.945. The number of aryl methyl sites for hydroxylation is 3. The van der Waals surface area contributed by atoms with E-state index in [-0.39, 0.29) is 5.91 Å². The molecule has 0 aromatic carbocycles. The first-order valence-electron chi connectivity index (χ1n) is 6.91. The maximum atomic E-state index is 12.1. The average molecular weight is 307 g/mol. The normalized spacial score (nSPS) is 14.1. The average Bonchev–Trinajstić information content (AvgIpc) is 3.04. The van der Waals surface area contributed by atoms with Gasteiger partial charge in [-0.15, -0.1) is 32.9 Å². The maximum Gasteiger partial charge on any atom is 0.261 e. The molecule has 1 N–H and O–H groups in total. The van der Waals surface area contributed by atoms with Crippen molar-refractivity contribution in [3.05, 3.63) is 31.4 Å². The van der Waals surface area contributed by atoms with E-state index in [1.54, 1.807) is 22.7 Å². The summed E-state index contributed by atoms with van der Waals surface area (Å²) in [6.07, 6.45) is 5.52. The van der Waals surface area contributed by atoms with E-state index in [4.69, 9.17) is 0 Å². The molecule has 0 atom stereocenters. The summed E-state index contributed by atoms with van der Waals surface area (Å²) < 4.78 is 0. The van der Waals surface area contributed by atoms with Crippen LogP contribution in [0, 0.1) is 6.92 Å². The molecule has 106 valence electrons. The van der Waals surface area contributed by atoms with E-state index in [1.807, 2.05) is 6.92 Å². The van der Waals surface area contributed by atoms with Crippen LogP contribution in [0.3, 0.4) is 0 Å². The zero-order chi connectivity index (χ0) is 13.9. The number of amides is 1. The molecular formula is C14H17N3OS2. The van der Waals surface area contributed by atoms with Crippen LogP contribution in [-0.2, 0) is 19.3 Å². The number of thiophene rings is 1. The summed E-state index contributed by atoms with van der Waals surface area (Å²) >= 11 is 3.24. The summed E-state index contributed by atoms with van der Waals surface area (Å²) in [7, 11) is 0. The van der Waals surface area contributed by atoms with Crippen LogP contribution in [0.5, 0.6) is 0 Å². The zero-order valence-corrected chi connectivity index (χ0v) is 13.1. The van der Waals surface area contributed by atoms with E-state index < -0.39 is 0 Å². The molecular weight excluding hydrogens is 290 g/mol. The van der Waals surface area contributed by atoms with Gasteiger partial charge in [0.15, 0.2) is 0 Å². The van der Waals surface area contributed by atoms with Crippen LogP contribution < -0.4 is 5.32 Å². The van der Waals surface area contributed by atoms with Gasteiger partial charge >= 0.3 is 0 Å². The largest absolute Gasteiger partial charge is 0.351 e. The van der Waals surface area contributed by atoms with E-state index in [1.165, 1.54) is 23.3 Å². The second-order valence-electron chi connectivity index (χ2n) is 4.99. The fourth-order valence-electron chi connectivity index (χ4n) is 2.41. The SMILES string of the molecule is Cc1nnc(CCNC(=O)c2cc3c(s2)CCCC3)s1. The van der Waals surface area contributed by atoms with Gasteiger partial charge in [-0.25, -0.2) is 0 Å². The second kappa shape index (κ2) is 6.01. The van der Waals surface area contributed by atoms with Crippen molar-refractivity contribution in [2.24, 2.45) is 0 Å². The van der Waals surface area contributed by atoms with Crippen LogP contribution >= 0.6 is 22.7 Å². The maximum absolute atomic E-state index is 12.1. The lowest BCUT2D eigenvalue weighted by atomic mass is 9.99. The van der Waals surface area contributed by atoms with Gasteiger partial charge in [0.05, 0.1) is 4.88 Å². The van der Waals surface area contributed by atoms with Gasteiger partial charge in [-0.05, 0) is 44.2 Å². The summed E-state index contributed by atoms with van der Waals surface area (Å²) in [5, 5.41) is 13.0. The minimum Gasteiger partial charge on any atom is -0.351 e. The number of rotatable bonds is 4. The van der Waals surface area contributed by atoms with E-state index in [9.17, 15) is 4.79 Å². The number of carbonyl (C=O) groups excluding carboxylic acids is 1. The highest BCUT2D eigenvalue weighted by atomic mass is 32.1. The molecule has 4 nitrogen and oxygen atoms in total. The predicted octanol–water partition coefficient (Wildman–Crippen LogP) is 2.76. The summed E-state index contributed by atoms with van der Waals surface area (Å²) in [4.78, 5) is 14.4. The third-order valence-corrected chi connectivity index (χ3v) is 5.55. The molecule has 6 heteroatoms. The number of aromatic nitrogens is 2. The molecule has 0 bridgehead atoms. The number of carbonyl (C=O) groups is 1. The molecule has 3 rings (SSSR count). The van der Waals surface area contributed by atoms with E-state index >= 15 is 0 Å². The zero-order valence-electron chi connectivity index (χ0n) is 11.4. The number of nitrogens with one attached hydrogen (secondary N) is 1. The van der Waals surface area contributed by atoms with Gasteiger partial charge < -0.3 is 5.32 Å². The monoisotopic (exact) mass is 307 g/mol. The van der Waals surface area contributed by atoms with Crippen molar-refractivity contribution >= 4 is 28.6 Å². The standard InChI is InChI=1S/C14H17N3OS2/c1-9-16-17-13(19-9)6-7-15-14(18)12-8-10-4-2-3-5-11(10)20-12/h8H,2-7H2,1H3,(H,15,18). The van der Waals surface area contributed by atoms with Crippen molar-refractivity contribution in [3.8, 4) is 0 Å². The molecule has 1 aliphatic rings. The first-order chi connectivity index (χ1) is 9.72. The molecule has 2 heterocycles. The smallest absolute Gasteiger partial charge is 0.261 e. The Kier molecular flexibility index (Phi) is 4.12.